The summed E-state index contributed by atoms with van der Waals surface area (Å²) in [6.45, 7) is 2.99. The lowest BCUT2D eigenvalue weighted by molar-refractivity contribution is -0.146. The molecule has 1 aliphatic rings. The van der Waals surface area contributed by atoms with E-state index in [2.05, 4.69) is 5.32 Å². The highest BCUT2D eigenvalue weighted by molar-refractivity contribution is 5.77. The van der Waals surface area contributed by atoms with Gasteiger partial charge in [-0.3, -0.25) is 0 Å². The lowest BCUT2D eigenvalue weighted by Gasteiger charge is -2.27. The Balaban J connectivity index is 1.94. The second-order valence-corrected chi connectivity index (χ2v) is 5.68. The van der Waals surface area contributed by atoms with Crippen LogP contribution in [0, 0.1) is 5.92 Å². The molecule has 0 radical (unpaired) electrons. The monoisotopic (exact) mass is 291 g/mol. The first-order valence-electron chi connectivity index (χ1n) is 7.83. The van der Waals surface area contributed by atoms with E-state index < -0.39 is 6.04 Å². The molecule has 1 atom stereocenters. The molecule has 2 rings (SSSR count). The molecule has 0 amide bonds. The third kappa shape index (κ3) is 4.83. The summed E-state index contributed by atoms with van der Waals surface area (Å²) in [6.07, 6.45) is 3.61. The molecule has 4 nitrogen and oxygen atoms in total. The molecule has 4 heteroatoms. The molecule has 2 N–H and O–H groups in total. The highest BCUT2D eigenvalue weighted by atomic mass is 16.5. The maximum atomic E-state index is 12.1. The number of hydrogen-bond donors (Lipinski definition) is 2. The Kier molecular flexibility index (Phi) is 6.21. The van der Waals surface area contributed by atoms with Gasteiger partial charge in [-0.2, -0.15) is 0 Å². The second-order valence-electron chi connectivity index (χ2n) is 5.68. The Hall–Kier alpha value is -1.39. The maximum absolute atomic E-state index is 12.1. The van der Waals surface area contributed by atoms with E-state index in [-0.39, 0.29) is 12.1 Å². The number of aliphatic hydroxyl groups excluding tert-OH is 1. The van der Waals surface area contributed by atoms with Crippen LogP contribution in [0.4, 0.5) is 0 Å². The first kappa shape index (κ1) is 16.0. The molecule has 0 aromatic heterocycles. The van der Waals surface area contributed by atoms with Crippen molar-refractivity contribution in [3.63, 3.8) is 0 Å². The minimum atomic E-state index is -0.405. The highest BCUT2D eigenvalue weighted by Gasteiger charge is 2.24. The first-order chi connectivity index (χ1) is 10.2. The van der Waals surface area contributed by atoms with Crippen molar-refractivity contribution in [3.8, 4) is 0 Å². The first-order valence-corrected chi connectivity index (χ1v) is 7.83. The van der Waals surface area contributed by atoms with Crippen LogP contribution in [0.25, 0.3) is 0 Å². The van der Waals surface area contributed by atoms with Crippen LogP contribution in [0.3, 0.4) is 0 Å². The lowest BCUT2D eigenvalue weighted by atomic mass is 9.87. The minimum absolute atomic E-state index is 0.142. The summed E-state index contributed by atoms with van der Waals surface area (Å²) in [7, 11) is 0. The second kappa shape index (κ2) is 8.15. The summed E-state index contributed by atoms with van der Waals surface area (Å²) in [5.74, 6) is 0.300. The molecule has 1 saturated carbocycles. The Bertz CT molecular complexity index is 427. The number of esters is 1. The molecule has 1 unspecified atom stereocenters. The molecule has 116 valence electrons. The Morgan fingerprint density at radius 3 is 2.57 bits per heavy atom. The van der Waals surface area contributed by atoms with Crippen molar-refractivity contribution in [2.45, 2.75) is 44.8 Å². The number of aliphatic hydroxyl groups is 1. The fourth-order valence-corrected chi connectivity index (χ4v) is 2.84. The topological polar surface area (TPSA) is 58.6 Å². The van der Waals surface area contributed by atoms with Gasteiger partial charge in [-0.15, -0.1) is 0 Å². The van der Waals surface area contributed by atoms with Gasteiger partial charge in [0.15, 0.2) is 0 Å². The van der Waals surface area contributed by atoms with Crippen molar-refractivity contribution in [3.05, 3.63) is 35.9 Å². The molecular formula is C17H25NO3. The van der Waals surface area contributed by atoms with Gasteiger partial charge in [-0.25, -0.2) is 4.79 Å². The summed E-state index contributed by atoms with van der Waals surface area (Å²) in [5.41, 5.74) is 0.937. The number of ether oxygens (including phenoxy) is 1. The summed E-state index contributed by atoms with van der Waals surface area (Å²) < 4.78 is 5.17. The van der Waals surface area contributed by atoms with Crippen molar-refractivity contribution < 1.29 is 14.6 Å². The van der Waals surface area contributed by atoms with Crippen molar-refractivity contribution in [2.24, 2.45) is 5.92 Å². The minimum Gasteiger partial charge on any atom is -0.465 e. The van der Waals surface area contributed by atoms with Gasteiger partial charge in [-0.05, 0) is 50.6 Å². The Morgan fingerprint density at radius 1 is 1.29 bits per heavy atom. The van der Waals surface area contributed by atoms with E-state index in [4.69, 9.17) is 4.74 Å². The number of carbonyl (C=O) groups excluding carboxylic acids is 1. The van der Waals surface area contributed by atoms with Crippen LogP contribution >= 0.6 is 0 Å². The smallest absolute Gasteiger partial charge is 0.327 e. The number of benzene rings is 1. The van der Waals surface area contributed by atoms with Crippen LogP contribution in [-0.4, -0.2) is 30.3 Å². The molecule has 1 aromatic carbocycles. The van der Waals surface area contributed by atoms with Crippen LogP contribution in [-0.2, 0) is 9.53 Å². The van der Waals surface area contributed by atoms with Crippen molar-refractivity contribution >= 4 is 5.97 Å². The van der Waals surface area contributed by atoms with E-state index in [1.54, 1.807) is 0 Å². The van der Waals surface area contributed by atoms with Crippen molar-refractivity contribution in [1.29, 1.82) is 0 Å². The van der Waals surface area contributed by atoms with E-state index in [1.807, 2.05) is 37.3 Å². The molecule has 1 fully saturated rings. The van der Waals surface area contributed by atoms with Gasteiger partial charge < -0.3 is 15.2 Å². The average molecular weight is 291 g/mol. The van der Waals surface area contributed by atoms with Crippen molar-refractivity contribution in [1.82, 2.24) is 5.32 Å². The molecule has 1 aliphatic carbocycles. The van der Waals surface area contributed by atoms with Crippen LogP contribution in [0.15, 0.2) is 30.3 Å². The average Bonchev–Trinajstić information content (AvgIpc) is 2.51. The summed E-state index contributed by atoms with van der Waals surface area (Å²) in [5, 5.41) is 12.9. The van der Waals surface area contributed by atoms with Crippen LogP contribution < -0.4 is 5.32 Å². The van der Waals surface area contributed by atoms with Crippen molar-refractivity contribution in [2.75, 3.05) is 13.2 Å². The molecule has 0 bridgehead atoms. The fourth-order valence-electron chi connectivity index (χ4n) is 2.84. The maximum Gasteiger partial charge on any atom is 0.327 e. The summed E-state index contributed by atoms with van der Waals surface area (Å²) >= 11 is 0. The third-order valence-electron chi connectivity index (χ3n) is 4.08. The van der Waals surface area contributed by atoms with E-state index >= 15 is 0 Å². The van der Waals surface area contributed by atoms with Gasteiger partial charge in [0.1, 0.15) is 6.04 Å². The number of rotatable bonds is 6. The molecule has 21 heavy (non-hydrogen) atoms. The van der Waals surface area contributed by atoms with E-state index in [1.165, 1.54) is 0 Å². The van der Waals surface area contributed by atoms with Gasteiger partial charge in [-0.1, -0.05) is 30.3 Å². The van der Waals surface area contributed by atoms with E-state index in [0.29, 0.717) is 12.5 Å². The van der Waals surface area contributed by atoms with E-state index in [9.17, 15) is 9.90 Å². The molecule has 0 heterocycles. The van der Waals surface area contributed by atoms with Crippen LogP contribution in [0.2, 0.25) is 0 Å². The van der Waals surface area contributed by atoms with Gasteiger partial charge in [0.2, 0.25) is 0 Å². The summed E-state index contributed by atoms with van der Waals surface area (Å²) in [6, 6.07) is 9.28. The fraction of sp³-hybridized carbons (Fsp3) is 0.588. The Labute approximate surface area is 126 Å². The van der Waals surface area contributed by atoms with Gasteiger partial charge >= 0.3 is 5.97 Å². The molecule has 0 aliphatic heterocycles. The standard InChI is InChI=1S/C17H25NO3/c1-2-21-17(20)16(14-6-4-3-5-7-14)18-12-13-8-10-15(19)11-9-13/h3-7,13,15-16,18-19H,2,8-12H2,1H3. The molecule has 0 saturated heterocycles. The SMILES string of the molecule is CCOC(=O)C(NCC1CCC(O)CC1)c1ccccc1. The van der Waals surface area contributed by atoms with Gasteiger partial charge in [0, 0.05) is 0 Å². The van der Waals surface area contributed by atoms with E-state index in [0.717, 1.165) is 37.8 Å². The van der Waals surface area contributed by atoms with Crippen LogP contribution in [0.5, 0.6) is 0 Å². The lowest BCUT2D eigenvalue weighted by Crippen LogP contribution is -2.35. The quantitative estimate of drug-likeness (QED) is 0.790. The number of carbonyl (C=O) groups is 1. The summed E-state index contributed by atoms with van der Waals surface area (Å²) in [4.78, 5) is 12.1. The number of hydrogen-bond acceptors (Lipinski definition) is 4. The molecule has 1 aromatic rings. The largest absolute Gasteiger partial charge is 0.465 e. The highest BCUT2D eigenvalue weighted by Crippen LogP contribution is 2.24. The van der Waals surface area contributed by atoms with Crippen LogP contribution in [0.1, 0.15) is 44.2 Å². The predicted molar refractivity (Wildman–Crippen MR) is 81.8 cm³/mol. The zero-order valence-electron chi connectivity index (χ0n) is 12.6. The zero-order valence-corrected chi connectivity index (χ0v) is 12.6. The number of nitrogens with one attached hydrogen (secondary N) is 1. The normalized spacial score (nSPS) is 23.5. The van der Waals surface area contributed by atoms with Gasteiger partial charge in [0.05, 0.1) is 12.7 Å². The molecule has 0 spiro atoms. The molecular weight excluding hydrogens is 266 g/mol. The zero-order chi connectivity index (χ0) is 15.1. The van der Waals surface area contributed by atoms with Gasteiger partial charge in [0.25, 0.3) is 0 Å². The predicted octanol–water partition coefficient (Wildman–Crippen LogP) is 2.43. The third-order valence-corrected chi connectivity index (χ3v) is 4.08. The Morgan fingerprint density at radius 2 is 1.95 bits per heavy atom.